The SMILES string of the molecule is C.CC(C)(C)OC(=O)N(CC1(C(N)=NO)CCC1)[C@H]1CC1c1ccccc1.CC(C)(C)OC(=O)N(CC1(c2noc(-c3ccc4scnc4c3)n2)CCC1)[C@H]1CC1c1ccccc1.O=C(O)c1ccc2scnc2c1.c1ccc(C2C[C@@H]2NCC2(c3noc(-c4ccc5scnc5c4)n3)CCC2)cc1. The number of carbonyl (C=O) groups is 3. The fraction of sp³-hybridized carbons (Fsp3) is 0.412. The molecule has 0 radical (unpaired) electrons. The van der Waals surface area contributed by atoms with Crippen LogP contribution in [0.4, 0.5) is 9.59 Å². The van der Waals surface area contributed by atoms with Crippen LogP contribution in [0.5, 0.6) is 0 Å². The first kappa shape index (κ1) is 72.8. The van der Waals surface area contributed by atoms with E-state index in [2.05, 4.69) is 109 Å². The molecule has 21 nitrogen and oxygen atoms in total. The first-order chi connectivity index (χ1) is 49.6. The average Bonchev–Trinajstić information content (AvgIpc) is 1.42. The lowest BCUT2D eigenvalue weighted by molar-refractivity contribution is 0.0110. The maximum atomic E-state index is 13.4. The summed E-state index contributed by atoms with van der Waals surface area (Å²) >= 11 is 4.75. The third-order valence-electron chi connectivity index (χ3n) is 20.8. The van der Waals surface area contributed by atoms with Crippen molar-refractivity contribution >= 4 is 88.7 Å². The Kier molecular flexibility index (Phi) is 21.2. The second kappa shape index (κ2) is 30.3. The molecule has 17 rings (SSSR count). The number of aromatic nitrogens is 7. The maximum Gasteiger partial charge on any atom is 0.410 e. The van der Waals surface area contributed by atoms with Gasteiger partial charge in [-0.3, -0.25) is 0 Å². The van der Waals surface area contributed by atoms with E-state index >= 15 is 0 Å². The summed E-state index contributed by atoms with van der Waals surface area (Å²) < 4.78 is 26.2. The van der Waals surface area contributed by atoms with Crippen LogP contribution >= 0.6 is 34.0 Å². The van der Waals surface area contributed by atoms with Gasteiger partial charge in [-0.1, -0.05) is 133 Å². The van der Waals surface area contributed by atoms with Crippen molar-refractivity contribution in [2.75, 3.05) is 19.6 Å². The monoisotopic (exact) mass is 1460 g/mol. The molecule has 0 saturated heterocycles. The van der Waals surface area contributed by atoms with E-state index in [1.54, 1.807) is 51.3 Å². The molecule has 2 amide bonds. The van der Waals surface area contributed by atoms with Gasteiger partial charge in [0.25, 0.3) is 11.8 Å². The van der Waals surface area contributed by atoms with Crippen molar-refractivity contribution in [2.24, 2.45) is 16.3 Å². The summed E-state index contributed by atoms with van der Waals surface area (Å²) in [7, 11) is 0. The Morgan fingerprint density at radius 3 is 1.40 bits per heavy atom. The van der Waals surface area contributed by atoms with Gasteiger partial charge in [0.1, 0.15) is 17.0 Å². The lowest BCUT2D eigenvalue weighted by Gasteiger charge is -2.44. The molecule has 24 heteroatoms. The van der Waals surface area contributed by atoms with Gasteiger partial charge in [-0.15, -0.1) is 34.0 Å². The fourth-order valence-corrected chi connectivity index (χ4v) is 16.3. The van der Waals surface area contributed by atoms with Crippen molar-refractivity contribution in [1.29, 1.82) is 0 Å². The van der Waals surface area contributed by atoms with Crippen LogP contribution in [-0.4, -0.2) is 128 Å². The number of fused-ring (bicyclic) bond motifs is 3. The van der Waals surface area contributed by atoms with E-state index in [4.69, 9.17) is 39.3 Å². The van der Waals surface area contributed by atoms with Crippen LogP contribution in [0.15, 0.2) is 176 Å². The second-order valence-corrected chi connectivity index (χ2v) is 32.9. The predicted octanol–water partition coefficient (Wildman–Crippen LogP) is 17.8. The molecule has 6 saturated carbocycles. The number of hydrogen-bond acceptors (Lipinski definition) is 20. The zero-order valence-electron chi connectivity index (χ0n) is 58.7. The van der Waals surface area contributed by atoms with Gasteiger partial charge in [0.2, 0.25) is 0 Å². The smallest absolute Gasteiger partial charge is 0.410 e. The van der Waals surface area contributed by atoms with Crippen LogP contribution < -0.4 is 11.1 Å². The van der Waals surface area contributed by atoms with Crippen molar-refractivity contribution in [1.82, 2.24) is 50.3 Å². The third kappa shape index (κ3) is 16.4. The number of carboxylic acid groups (broad SMARTS) is 1. The first-order valence-electron chi connectivity index (χ1n) is 35.4. The van der Waals surface area contributed by atoms with Crippen LogP contribution in [0, 0.1) is 5.41 Å². The number of nitrogens with zero attached hydrogens (tertiary/aromatic N) is 10. The molecule has 6 aliphatic rings. The number of amides is 2. The Labute approximate surface area is 617 Å². The Morgan fingerprint density at radius 2 is 0.990 bits per heavy atom. The minimum atomic E-state index is -0.912. The molecule has 5 aromatic heterocycles. The Morgan fingerprint density at radius 1 is 0.567 bits per heavy atom. The molecule has 104 heavy (non-hydrogen) atoms. The maximum absolute atomic E-state index is 13.4. The van der Waals surface area contributed by atoms with Crippen molar-refractivity contribution < 1.29 is 43.2 Å². The molecule has 3 unspecified atom stereocenters. The van der Waals surface area contributed by atoms with Crippen molar-refractivity contribution in [3.63, 3.8) is 0 Å². The highest BCUT2D eigenvalue weighted by Crippen LogP contribution is 2.52. The van der Waals surface area contributed by atoms with E-state index in [1.807, 2.05) is 112 Å². The van der Waals surface area contributed by atoms with Crippen LogP contribution in [0.25, 0.3) is 53.6 Å². The topological polar surface area (TPSA) is 284 Å². The summed E-state index contributed by atoms with van der Waals surface area (Å²) in [6.45, 7) is 13.2. The van der Waals surface area contributed by atoms with E-state index in [0.29, 0.717) is 54.5 Å². The number of benzene rings is 6. The summed E-state index contributed by atoms with van der Waals surface area (Å²) in [6, 6.07) is 49.3. The lowest BCUT2D eigenvalue weighted by Crippen LogP contribution is -2.53. The van der Waals surface area contributed by atoms with Gasteiger partial charge in [0.05, 0.1) is 58.2 Å². The zero-order valence-corrected chi connectivity index (χ0v) is 61.1. The van der Waals surface area contributed by atoms with Crippen molar-refractivity contribution in [3.8, 4) is 22.9 Å². The summed E-state index contributed by atoms with van der Waals surface area (Å²) in [5, 5.41) is 33.7. The van der Waals surface area contributed by atoms with Crippen LogP contribution in [0.1, 0.15) is 182 Å². The number of carbonyl (C=O) groups excluding carboxylic acids is 2. The number of nitrogens with one attached hydrogen (secondary N) is 1. The summed E-state index contributed by atoms with van der Waals surface area (Å²) in [6.07, 6.45) is 11.5. The summed E-state index contributed by atoms with van der Waals surface area (Å²) in [5.74, 6) is 3.18. The predicted molar refractivity (Wildman–Crippen MR) is 407 cm³/mol. The molecule has 0 spiro atoms. The van der Waals surface area contributed by atoms with Crippen LogP contribution in [-0.2, 0) is 20.3 Å². The van der Waals surface area contributed by atoms with Crippen LogP contribution in [0.2, 0.25) is 0 Å². The van der Waals surface area contributed by atoms with E-state index < -0.39 is 22.6 Å². The van der Waals surface area contributed by atoms with E-state index in [0.717, 1.165) is 114 Å². The standard InChI is InChI=1S/C28H30N4O3S.C23H22N4OS.C20H29N3O3.C8H5NO2S.CH4/c1-27(2,3)34-26(33)32(22-15-20(22)18-8-5-4-6-9-18)16-28(12-7-13-28)25-30-24(35-31-25)19-10-11-23-21(14-19)29-17-36-23;1-2-5-15(6-3-1)17-12-18(17)24-13-23(9-4-10-23)22-26-21(28-27-22)16-7-8-20-19(11-16)25-14-29-20;1-19(2,3)26-18(24)23(13-20(10-7-11-20)17(21)22-25)16-12-15(16)14-8-5-4-6-9-14;10-8(11)5-1-2-7-6(3-5)9-4-12-7;/h4-6,8-11,14,17,20,22H,7,12-13,15-16H2,1-3H3;1-3,5-8,11,14,17-18,24H,4,9-10,12-13H2;4-6,8-9,15-16,25H,7,10-13H2,1-3H3,(H2,21,22);1-4H,(H,10,11);1H4/t20?,22-;17?,18-;15?,16-;;/m000../s1. The number of rotatable bonds is 18. The molecular formula is C80H90N12O9S3. The number of aromatic carboxylic acids is 1. The molecule has 6 aliphatic carbocycles. The third-order valence-corrected chi connectivity index (χ3v) is 23.2. The minimum absolute atomic E-state index is 0. The normalized spacial score (nSPS) is 20.7. The molecule has 6 atom stereocenters. The lowest BCUT2D eigenvalue weighted by atomic mass is 9.67. The molecule has 5 heterocycles. The quantitative estimate of drug-likeness (QED) is 0.0269. The van der Waals surface area contributed by atoms with Gasteiger partial charge in [0.15, 0.2) is 11.6 Å². The van der Waals surface area contributed by atoms with Crippen molar-refractivity contribution in [3.05, 3.63) is 196 Å². The molecule has 0 bridgehead atoms. The van der Waals surface area contributed by atoms with Gasteiger partial charge >= 0.3 is 18.2 Å². The molecule has 11 aromatic rings. The Hall–Kier alpha value is -9.49. The van der Waals surface area contributed by atoms with E-state index in [1.165, 1.54) is 45.6 Å². The summed E-state index contributed by atoms with van der Waals surface area (Å²) in [5.41, 5.74) is 18.2. The van der Waals surface area contributed by atoms with E-state index in [-0.39, 0.29) is 53.9 Å². The molecule has 5 N–H and O–H groups in total. The molecule has 542 valence electrons. The number of amidine groups is 1. The number of thiazole rings is 3. The van der Waals surface area contributed by atoms with Gasteiger partial charge in [0, 0.05) is 77.5 Å². The molecule has 6 fully saturated rings. The number of nitrogens with two attached hydrogens (primary N) is 1. The van der Waals surface area contributed by atoms with E-state index in [9.17, 15) is 19.6 Å². The second-order valence-electron chi connectivity index (χ2n) is 30.2. The highest BCUT2D eigenvalue weighted by Gasteiger charge is 2.54. The van der Waals surface area contributed by atoms with Crippen molar-refractivity contribution in [2.45, 2.75) is 184 Å². The van der Waals surface area contributed by atoms with Crippen LogP contribution in [0.3, 0.4) is 0 Å². The highest BCUT2D eigenvalue weighted by molar-refractivity contribution is 7.17. The molecule has 6 aromatic carbocycles. The first-order valence-corrected chi connectivity index (χ1v) is 38.1. The van der Waals surface area contributed by atoms with Gasteiger partial charge in [-0.2, -0.15) is 9.97 Å². The zero-order chi connectivity index (χ0) is 71.7. The van der Waals surface area contributed by atoms with Gasteiger partial charge in [-0.25, -0.2) is 29.3 Å². The largest absolute Gasteiger partial charge is 0.478 e. The number of ether oxygens (including phenoxy) is 2. The number of oxime groups is 1. The fourth-order valence-electron chi connectivity index (χ4n) is 14.3. The number of carboxylic acids is 1. The minimum Gasteiger partial charge on any atom is -0.478 e. The van der Waals surface area contributed by atoms with Gasteiger partial charge < -0.3 is 49.7 Å². The molecule has 0 aliphatic heterocycles. The highest BCUT2D eigenvalue weighted by atomic mass is 32.1. The summed E-state index contributed by atoms with van der Waals surface area (Å²) in [4.78, 5) is 63.1. The Balaban J connectivity index is 0.000000129. The Bertz CT molecular complexity index is 4800. The molecular weight excluding hydrogens is 1370 g/mol. The number of hydrogen-bond donors (Lipinski definition) is 4. The van der Waals surface area contributed by atoms with Gasteiger partial charge in [-0.05, 0) is 171 Å². The average molecular weight is 1460 g/mol.